The molecule has 31 heavy (non-hydrogen) atoms. The number of benzene rings is 3. The highest BCUT2D eigenvalue weighted by molar-refractivity contribution is 6.22. The Kier molecular flexibility index (Phi) is 4.36. The predicted molar refractivity (Wildman–Crippen MR) is 122 cm³/mol. The van der Waals surface area contributed by atoms with E-state index >= 15 is 0 Å². The maximum atomic E-state index is 13.7. The molecular formula is C25H22N4O2. The van der Waals surface area contributed by atoms with Crippen LogP contribution in [0, 0.1) is 6.92 Å². The van der Waals surface area contributed by atoms with Gasteiger partial charge >= 0.3 is 6.03 Å². The number of nitrogens with one attached hydrogen (secondary N) is 1. The van der Waals surface area contributed by atoms with Gasteiger partial charge in [0.2, 0.25) is 5.66 Å². The number of hydrogen-bond donors (Lipinski definition) is 1. The molecule has 1 saturated heterocycles. The fourth-order valence-electron chi connectivity index (χ4n) is 4.24. The first-order chi connectivity index (χ1) is 15.0. The van der Waals surface area contributed by atoms with Gasteiger partial charge in [-0.1, -0.05) is 60.7 Å². The number of para-hydroxylation sites is 1. The van der Waals surface area contributed by atoms with E-state index in [1.54, 1.807) is 16.8 Å². The molecule has 0 aromatic heterocycles. The van der Waals surface area contributed by atoms with Gasteiger partial charge in [-0.25, -0.2) is 9.79 Å². The first-order valence-corrected chi connectivity index (χ1v) is 10.2. The molecule has 0 aliphatic carbocycles. The highest BCUT2D eigenvalue weighted by atomic mass is 16.2. The minimum absolute atomic E-state index is 0.114. The Morgan fingerprint density at radius 2 is 1.68 bits per heavy atom. The van der Waals surface area contributed by atoms with Gasteiger partial charge in [0.05, 0.1) is 17.9 Å². The van der Waals surface area contributed by atoms with Crippen molar-refractivity contribution in [2.45, 2.75) is 12.6 Å². The SMILES string of the molecule is Cc1cccc(N2CC3(N=C(c4ccccc4)c4ccccc4N(C)C3=O)NC2=O)c1. The summed E-state index contributed by atoms with van der Waals surface area (Å²) in [5.41, 5.74) is 3.54. The average molecular weight is 410 g/mol. The van der Waals surface area contributed by atoms with E-state index in [4.69, 9.17) is 4.99 Å². The van der Waals surface area contributed by atoms with E-state index in [0.717, 1.165) is 28.1 Å². The van der Waals surface area contributed by atoms with E-state index in [1.165, 1.54) is 0 Å². The molecule has 1 N–H and O–H groups in total. The Balaban J connectivity index is 1.68. The summed E-state index contributed by atoms with van der Waals surface area (Å²) in [5, 5.41) is 2.90. The maximum absolute atomic E-state index is 13.7. The number of hydrogen-bond acceptors (Lipinski definition) is 3. The van der Waals surface area contributed by atoms with E-state index in [2.05, 4.69) is 5.32 Å². The van der Waals surface area contributed by atoms with Crippen molar-refractivity contribution in [1.29, 1.82) is 0 Å². The van der Waals surface area contributed by atoms with Crippen molar-refractivity contribution >= 4 is 29.0 Å². The lowest BCUT2D eigenvalue weighted by atomic mass is 10.0. The summed E-state index contributed by atoms with van der Waals surface area (Å²) in [6.07, 6.45) is 0. The van der Waals surface area contributed by atoms with E-state index < -0.39 is 5.66 Å². The Bertz CT molecular complexity index is 1220. The standard InChI is InChI=1S/C25H22N4O2/c1-17-9-8-12-19(15-17)29-16-25(27-24(29)31)23(30)28(2)21-14-7-6-13-20(21)22(26-25)18-10-4-3-5-11-18/h3-15H,16H2,1-2H3,(H,27,31). The van der Waals surface area contributed by atoms with Gasteiger partial charge in [-0.3, -0.25) is 9.69 Å². The van der Waals surface area contributed by atoms with Crippen LogP contribution < -0.4 is 15.1 Å². The van der Waals surface area contributed by atoms with Crippen LogP contribution in [-0.4, -0.2) is 36.9 Å². The third-order valence-corrected chi connectivity index (χ3v) is 5.79. The second-order valence-corrected chi connectivity index (χ2v) is 7.92. The number of rotatable bonds is 2. The van der Waals surface area contributed by atoms with E-state index in [1.807, 2.05) is 85.8 Å². The molecule has 3 aromatic carbocycles. The number of amides is 3. The molecule has 2 aliphatic heterocycles. The van der Waals surface area contributed by atoms with Crippen molar-refractivity contribution in [1.82, 2.24) is 5.32 Å². The second kappa shape index (κ2) is 7.09. The number of aliphatic imine (C=N–C) groups is 1. The number of urea groups is 1. The molecule has 1 unspecified atom stereocenters. The van der Waals surface area contributed by atoms with Gasteiger partial charge in [-0.05, 0) is 30.7 Å². The zero-order chi connectivity index (χ0) is 21.6. The molecule has 2 heterocycles. The fourth-order valence-corrected chi connectivity index (χ4v) is 4.24. The smallest absolute Gasteiger partial charge is 0.311 e. The van der Waals surface area contributed by atoms with Crippen LogP contribution in [0.25, 0.3) is 0 Å². The van der Waals surface area contributed by atoms with E-state index in [0.29, 0.717) is 5.71 Å². The minimum atomic E-state index is -1.42. The van der Waals surface area contributed by atoms with Crippen molar-refractivity contribution in [3.63, 3.8) is 0 Å². The van der Waals surface area contributed by atoms with Gasteiger partial charge in [0, 0.05) is 23.9 Å². The van der Waals surface area contributed by atoms with Gasteiger partial charge in [-0.15, -0.1) is 0 Å². The van der Waals surface area contributed by atoms with Crippen molar-refractivity contribution < 1.29 is 9.59 Å². The zero-order valence-electron chi connectivity index (χ0n) is 17.4. The zero-order valence-corrected chi connectivity index (χ0v) is 17.4. The largest absolute Gasteiger partial charge is 0.324 e. The molecule has 5 rings (SSSR count). The first-order valence-electron chi connectivity index (χ1n) is 10.2. The number of likely N-dealkylation sites (N-methyl/N-ethyl adjacent to an activating group) is 1. The fraction of sp³-hybridized carbons (Fsp3) is 0.160. The lowest BCUT2D eigenvalue weighted by Crippen LogP contribution is -2.55. The number of nitrogens with zero attached hydrogens (tertiary/aromatic N) is 3. The minimum Gasteiger partial charge on any atom is -0.311 e. The number of carbonyl (C=O) groups is 2. The van der Waals surface area contributed by atoms with Crippen LogP contribution in [-0.2, 0) is 4.79 Å². The van der Waals surface area contributed by atoms with Crippen LogP contribution in [0.2, 0.25) is 0 Å². The Morgan fingerprint density at radius 3 is 2.45 bits per heavy atom. The lowest BCUT2D eigenvalue weighted by Gasteiger charge is -2.27. The van der Waals surface area contributed by atoms with Crippen LogP contribution >= 0.6 is 0 Å². The first kappa shape index (κ1) is 19.1. The summed E-state index contributed by atoms with van der Waals surface area (Å²) in [4.78, 5) is 34.8. The van der Waals surface area contributed by atoms with Gasteiger partial charge in [0.1, 0.15) is 0 Å². The van der Waals surface area contributed by atoms with E-state index in [-0.39, 0.29) is 18.5 Å². The highest BCUT2D eigenvalue weighted by Crippen LogP contribution is 2.34. The van der Waals surface area contributed by atoms with Crippen LogP contribution in [0.4, 0.5) is 16.2 Å². The predicted octanol–water partition coefficient (Wildman–Crippen LogP) is 3.73. The maximum Gasteiger partial charge on any atom is 0.324 e. The molecule has 1 fully saturated rings. The Hall–Kier alpha value is -3.93. The third-order valence-electron chi connectivity index (χ3n) is 5.79. The van der Waals surface area contributed by atoms with Crippen molar-refractivity contribution in [3.05, 3.63) is 95.6 Å². The Labute approximate surface area is 180 Å². The highest BCUT2D eigenvalue weighted by Gasteiger charge is 2.52. The Morgan fingerprint density at radius 1 is 0.935 bits per heavy atom. The summed E-state index contributed by atoms with van der Waals surface area (Å²) in [6.45, 7) is 2.09. The van der Waals surface area contributed by atoms with E-state index in [9.17, 15) is 9.59 Å². The third kappa shape index (κ3) is 3.08. The molecular weight excluding hydrogens is 388 g/mol. The van der Waals surface area contributed by atoms with Crippen molar-refractivity contribution in [2.75, 3.05) is 23.4 Å². The number of anilines is 2. The molecule has 0 bridgehead atoms. The molecule has 1 spiro atoms. The van der Waals surface area contributed by atoms with Gasteiger partial charge in [-0.2, -0.15) is 0 Å². The topological polar surface area (TPSA) is 65.0 Å². The molecule has 154 valence electrons. The average Bonchev–Trinajstić information content (AvgIpc) is 3.10. The lowest BCUT2D eigenvalue weighted by molar-refractivity contribution is -0.123. The van der Waals surface area contributed by atoms with Crippen LogP contribution in [0.15, 0.2) is 83.9 Å². The summed E-state index contributed by atoms with van der Waals surface area (Å²) in [7, 11) is 1.73. The number of aryl methyl sites for hydroxylation is 1. The van der Waals surface area contributed by atoms with Gasteiger partial charge in [0.25, 0.3) is 5.91 Å². The quantitative estimate of drug-likeness (QED) is 0.700. The molecule has 3 amide bonds. The monoisotopic (exact) mass is 410 g/mol. The normalized spacial score (nSPS) is 20.4. The molecule has 0 saturated carbocycles. The molecule has 3 aromatic rings. The van der Waals surface area contributed by atoms with Crippen molar-refractivity contribution in [3.8, 4) is 0 Å². The van der Waals surface area contributed by atoms with Gasteiger partial charge in [0.15, 0.2) is 0 Å². The molecule has 2 aliphatic rings. The summed E-state index contributed by atoms with van der Waals surface area (Å²) in [6, 6.07) is 24.8. The molecule has 6 heteroatoms. The second-order valence-electron chi connectivity index (χ2n) is 7.92. The summed E-state index contributed by atoms with van der Waals surface area (Å²) >= 11 is 0. The summed E-state index contributed by atoms with van der Waals surface area (Å²) in [5.74, 6) is -0.269. The van der Waals surface area contributed by atoms with Crippen LogP contribution in [0.3, 0.4) is 0 Å². The molecule has 1 atom stereocenters. The number of fused-ring (bicyclic) bond motifs is 1. The molecule has 6 nitrogen and oxygen atoms in total. The molecule has 0 radical (unpaired) electrons. The summed E-state index contributed by atoms with van der Waals surface area (Å²) < 4.78 is 0. The van der Waals surface area contributed by atoms with Crippen molar-refractivity contribution in [2.24, 2.45) is 4.99 Å². The van der Waals surface area contributed by atoms with Crippen LogP contribution in [0.5, 0.6) is 0 Å². The van der Waals surface area contributed by atoms with Crippen LogP contribution in [0.1, 0.15) is 16.7 Å². The van der Waals surface area contributed by atoms with Gasteiger partial charge < -0.3 is 10.2 Å². The number of carbonyl (C=O) groups excluding carboxylic acids is 2.